The van der Waals surface area contributed by atoms with E-state index in [1.807, 2.05) is 24.3 Å². The number of aromatic nitrogens is 2. The van der Waals surface area contributed by atoms with E-state index < -0.39 is 0 Å². The molecule has 1 saturated carbocycles. The quantitative estimate of drug-likeness (QED) is 0.840. The van der Waals surface area contributed by atoms with Crippen LogP contribution in [0.15, 0.2) is 34.9 Å². The van der Waals surface area contributed by atoms with Crippen LogP contribution in [-0.2, 0) is 11.3 Å². The maximum atomic E-state index is 5.15. The molecule has 2 aromatic rings. The molecule has 5 heteroatoms. The van der Waals surface area contributed by atoms with E-state index in [9.17, 15) is 0 Å². The Labute approximate surface area is 126 Å². The Balaban J connectivity index is 1.81. The van der Waals surface area contributed by atoms with Gasteiger partial charge >= 0.3 is 0 Å². The molecule has 1 aromatic heterocycles. The van der Waals surface area contributed by atoms with E-state index in [0.717, 1.165) is 27.5 Å². The van der Waals surface area contributed by atoms with Crippen LogP contribution in [0, 0.1) is 0 Å². The number of rotatable bonds is 5. The molecule has 20 heavy (non-hydrogen) atoms. The lowest BCUT2D eigenvalue weighted by Crippen LogP contribution is -2.00. The first-order valence-electron chi connectivity index (χ1n) is 6.64. The van der Waals surface area contributed by atoms with Crippen molar-refractivity contribution in [2.45, 2.75) is 25.4 Å². The second-order valence-electron chi connectivity index (χ2n) is 4.97. The van der Waals surface area contributed by atoms with E-state index in [1.54, 1.807) is 7.11 Å². The smallest absolute Gasteiger partial charge is 0.135 e. The Bertz CT molecular complexity index is 614. The van der Waals surface area contributed by atoms with E-state index >= 15 is 0 Å². The van der Waals surface area contributed by atoms with Crippen molar-refractivity contribution in [1.29, 1.82) is 0 Å². The molecule has 4 nitrogen and oxygen atoms in total. The summed E-state index contributed by atoms with van der Waals surface area (Å²) in [6.45, 7) is 0.607. The fraction of sp³-hybridized carbons (Fsp3) is 0.333. The van der Waals surface area contributed by atoms with Crippen LogP contribution in [-0.4, -0.2) is 17.1 Å². The van der Waals surface area contributed by atoms with E-state index in [-0.39, 0.29) is 0 Å². The van der Waals surface area contributed by atoms with Gasteiger partial charge in [0, 0.05) is 24.8 Å². The average molecular weight is 334 g/mol. The SMILES string of the molecule is COCc1cccc(Nc2cc(Br)nc(C3CC3)n2)c1. The van der Waals surface area contributed by atoms with Crippen LogP contribution >= 0.6 is 15.9 Å². The van der Waals surface area contributed by atoms with Gasteiger partial charge in [-0.15, -0.1) is 0 Å². The first-order valence-corrected chi connectivity index (χ1v) is 7.43. The van der Waals surface area contributed by atoms with Crippen LogP contribution < -0.4 is 5.32 Å². The van der Waals surface area contributed by atoms with Crippen LogP contribution in [0.25, 0.3) is 0 Å². The van der Waals surface area contributed by atoms with E-state index in [2.05, 4.69) is 37.3 Å². The molecule has 1 aliphatic carbocycles. The number of methoxy groups -OCH3 is 1. The zero-order valence-corrected chi connectivity index (χ0v) is 12.9. The molecule has 1 N–H and O–H groups in total. The second kappa shape index (κ2) is 5.89. The molecule has 1 aliphatic rings. The van der Waals surface area contributed by atoms with Crippen LogP contribution in [0.5, 0.6) is 0 Å². The van der Waals surface area contributed by atoms with Crippen molar-refractivity contribution in [2.24, 2.45) is 0 Å². The molecule has 1 fully saturated rings. The Morgan fingerprint density at radius 3 is 2.90 bits per heavy atom. The molecule has 0 aliphatic heterocycles. The third kappa shape index (κ3) is 3.35. The topological polar surface area (TPSA) is 47.0 Å². The third-order valence-corrected chi connectivity index (χ3v) is 3.57. The minimum atomic E-state index is 0.535. The Morgan fingerprint density at radius 1 is 1.30 bits per heavy atom. The number of nitrogens with zero attached hydrogens (tertiary/aromatic N) is 2. The summed E-state index contributed by atoms with van der Waals surface area (Å²) in [7, 11) is 1.70. The number of halogens is 1. The predicted molar refractivity (Wildman–Crippen MR) is 82.1 cm³/mol. The average Bonchev–Trinajstić information content (AvgIpc) is 3.23. The summed E-state index contributed by atoms with van der Waals surface area (Å²) < 4.78 is 5.97. The molecule has 0 bridgehead atoms. The summed E-state index contributed by atoms with van der Waals surface area (Å²) in [6.07, 6.45) is 2.39. The van der Waals surface area contributed by atoms with Crippen LogP contribution in [0.2, 0.25) is 0 Å². The van der Waals surface area contributed by atoms with Crippen LogP contribution in [0.3, 0.4) is 0 Å². The highest BCUT2D eigenvalue weighted by atomic mass is 79.9. The van der Waals surface area contributed by atoms with Gasteiger partial charge in [-0.25, -0.2) is 9.97 Å². The van der Waals surface area contributed by atoms with Crippen molar-refractivity contribution in [3.05, 3.63) is 46.3 Å². The van der Waals surface area contributed by atoms with Gasteiger partial charge in [0.2, 0.25) is 0 Å². The van der Waals surface area contributed by atoms with Crippen molar-refractivity contribution < 1.29 is 4.74 Å². The normalized spacial score (nSPS) is 14.3. The van der Waals surface area contributed by atoms with Crippen molar-refractivity contribution in [2.75, 3.05) is 12.4 Å². The van der Waals surface area contributed by atoms with Gasteiger partial charge in [0.15, 0.2) is 0 Å². The molecule has 0 spiro atoms. The molecule has 3 rings (SSSR count). The zero-order chi connectivity index (χ0) is 13.9. The molecule has 0 atom stereocenters. The number of benzene rings is 1. The van der Waals surface area contributed by atoms with E-state index in [4.69, 9.17) is 4.74 Å². The van der Waals surface area contributed by atoms with Gasteiger partial charge in [-0.2, -0.15) is 0 Å². The summed E-state index contributed by atoms with van der Waals surface area (Å²) in [5, 5.41) is 3.33. The highest BCUT2D eigenvalue weighted by Crippen LogP contribution is 2.39. The maximum absolute atomic E-state index is 5.15. The van der Waals surface area contributed by atoms with Gasteiger partial charge in [-0.3, -0.25) is 0 Å². The second-order valence-corrected chi connectivity index (χ2v) is 5.78. The molecule has 1 heterocycles. The van der Waals surface area contributed by atoms with E-state index in [0.29, 0.717) is 12.5 Å². The Hall–Kier alpha value is -1.46. The zero-order valence-electron chi connectivity index (χ0n) is 11.3. The van der Waals surface area contributed by atoms with Crippen LogP contribution in [0.4, 0.5) is 11.5 Å². The highest BCUT2D eigenvalue weighted by molar-refractivity contribution is 9.10. The largest absolute Gasteiger partial charge is 0.380 e. The lowest BCUT2D eigenvalue weighted by Gasteiger charge is -2.09. The molecule has 1 aromatic carbocycles. The summed E-state index contributed by atoms with van der Waals surface area (Å²) >= 11 is 3.45. The lowest BCUT2D eigenvalue weighted by molar-refractivity contribution is 0.185. The fourth-order valence-electron chi connectivity index (χ4n) is 2.08. The first-order chi connectivity index (χ1) is 9.74. The summed E-state index contributed by atoms with van der Waals surface area (Å²) in [4.78, 5) is 9.01. The third-order valence-electron chi connectivity index (χ3n) is 3.17. The number of nitrogens with one attached hydrogen (secondary N) is 1. The van der Waals surface area contributed by atoms with Gasteiger partial charge in [0.1, 0.15) is 16.2 Å². The van der Waals surface area contributed by atoms with Crippen molar-refractivity contribution in [3.8, 4) is 0 Å². The Kier molecular flexibility index (Phi) is 3.98. The van der Waals surface area contributed by atoms with Gasteiger partial charge in [0.25, 0.3) is 0 Å². The molecule has 0 unspecified atom stereocenters. The van der Waals surface area contributed by atoms with Crippen LogP contribution in [0.1, 0.15) is 30.1 Å². The van der Waals surface area contributed by atoms with Crippen molar-refractivity contribution >= 4 is 27.4 Å². The first kappa shape index (κ1) is 13.5. The van der Waals surface area contributed by atoms with Gasteiger partial charge in [-0.05, 0) is 46.5 Å². The number of ether oxygens (including phenoxy) is 1. The standard InChI is InChI=1S/C15H16BrN3O/c1-20-9-10-3-2-4-12(7-10)17-14-8-13(16)18-15(19-14)11-5-6-11/h2-4,7-8,11H,5-6,9H2,1H3,(H,17,18,19). The van der Waals surface area contributed by atoms with E-state index in [1.165, 1.54) is 12.8 Å². The monoisotopic (exact) mass is 333 g/mol. The van der Waals surface area contributed by atoms with Crippen molar-refractivity contribution in [1.82, 2.24) is 9.97 Å². The number of anilines is 2. The summed E-state index contributed by atoms with van der Waals surface area (Å²) in [6, 6.07) is 10.0. The molecular formula is C15H16BrN3O. The molecule has 0 saturated heterocycles. The lowest BCUT2D eigenvalue weighted by atomic mass is 10.2. The maximum Gasteiger partial charge on any atom is 0.135 e. The minimum Gasteiger partial charge on any atom is -0.380 e. The fourth-order valence-corrected chi connectivity index (χ4v) is 2.48. The number of hydrogen-bond acceptors (Lipinski definition) is 4. The van der Waals surface area contributed by atoms with Crippen molar-refractivity contribution in [3.63, 3.8) is 0 Å². The van der Waals surface area contributed by atoms with Gasteiger partial charge in [0.05, 0.1) is 6.61 Å². The number of hydrogen-bond donors (Lipinski definition) is 1. The molecule has 0 radical (unpaired) electrons. The predicted octanol–water partition coefficient (Wildman–Crippen LogP) is 4.01. The van der Waals surface area contributed by atoms with Gasteiger partial charge in [-0.1, -0.05) is 12.1 Å². The highest BCUT2D eigenvalue weighted by Gasteiger charge is 2.27. The summed E-state index contributed by atoms with van der Waals surface area (Å²) in [5.41, 5.74) is 2.14. The minimum absolute atomic E-state index is 0.535. The molecular weight excluding hydrogens is 318 g/mol. The molecule has 104 valence electrons. The van der Waals surface area contributed by atoms with Gasteiger partial charge < -0.3 is 10.1 Å². The summed E-state index contributed by atoms with van der Waals surface area (Å²) in [5.74, 6) is 2.28. The molecule has 0 amide bonds. The Morgan fingerprint density at radius 2 is 2.15 bits per heavy atom.